The highest BCUT2D eigenvalue weighted by Crippen LogP contribution is 2.26. The number of rotatable bonds is 4. The number of hydrogen-bond acceptors (Lipinski definition) is 3. The van der Waals surface area contributed by atoms with Gasteiger partial charge in [0.05, 0.1) is 0 Å². The summed E-state index contributed by atoms with van der Waals surface area (Å²) in [7, 11) is 0. The molecule has 0 saturated heterocycles. The quantitative estimate of drug-likeness (QED) is 0.829. The molecule has 1 aliphatic rings. The van der Waals surface area contributed by atoms with Crippen molar-refractivity contribution in [2.24, 2.45) is 5.92 Å². The minimum absolute atomic E-state index is 0.316. The van der Waals surface area contributed by atoms with E-state index in [4.69, 9.17) is 11.6 Å². The second kappa shape index (κ2) is 6.20. The van der Waals surface area contributed by atoms with Crippen molar-refractivity contribution in [2.45, 2.75) is 45.4 Å². The summed E-state index contributed by atoms with van der Waals surface area (Å²) >= 11 is 5.78. The van der Waals surface area contributed by atoms with E-state index in [0.29, 0.717) is 5.28 Å². The Kier molecular flexibility index (Phi) is 4.60. The van der Waals surface area contributed by atoms with Gasteiger partial charge >= 0.3 is 0 Å². The minimum atomic E-state index is 0.316. The topological polar surface area (TPSA) is 37.8 Å². The predicted octanol–water partition coefficient (Wildman–Crippen LogP) is 3.82. The molecule has 1 aliphatic carbocycles. The summed E-state index contributed by atoms with van der Waals surface area (Å²) in [6.45, 7) is 2.98. The van der Waals surface area contributed by atoms with Crippen molar-refractivity contribution in [3.63, 3.8) is 0 Å². The van der Waals surface area contributed by atoms with Gasteiger partial charge in [-0.25, -0.2) is 9.97 Å². The van der Waals surface area contributed by atoms with E-state index in [1.807, 2.05) is 6.92 Å². The van der Waals surface area contributed by atoms with Gasteiger partial charge in [0.2, 0.25) is 5.28 Å². The Labute approximate surface area is 108 Å². The second-order valence-corrected chi connectivity index (χ2v) is 5.23. The normalized spacial score (nSPS) is 17.1. The highest BCUT2D eigenvalue weighted by molar-refractivity contribution is 6.28. The number of halogens is 1. The fraction of sp³-hybridized carbons (Fsp3) is 0.692. The zero-order chi connectivity index (χ0) is 12.1. The van der Waals surface area contributed by atoms with Crippen LogP contribution < -0.4 is 5.32 Å². The van der Waals surface area contributed by atoms with Crippen LogP contribution in [0.15, 0.2) is 6.20 Å². The first-order valence-corrected chi connectivity index (χ1v) is 6.86. The molecule has 1 fully saturated rings. The van der Waals surface area contributed by atoms with Crippen LogP contribution in [-0.4, -0.2) is 16.5 Å². The second-order valence-electron chi connectivity index (χ2n) is 4.89. The fourth-order valence-corrected chi connectivity index (χ4v) is 2.60. The van der Waals surface area contributed by atoms with Gasteiger partial charge in [-0.1, -0.05) is 32.1 Å². The molecule has 3 nitrogen and oxygen atoms in total. The van der Waals surface area contributed by atoms with E-state index in [9.17, 15) is 0 Å². The van der Waals surface area contributed by atoms with Crippen LogP contribution in [0, 0.1) is 12.8 Å². The summed E-state index contributed by atoms with van der Waals surface area (Å²) < 4.78 is 0. The van der Waals surface area contributed by atoms with Crippen molar-refractivity contribution in [3.05, 3.63) is 17.0 Å². The van der Waals surface area contributed by atoms with E-state index in [1.54, 1.807) is 6.20 Å². The highest BCUT2D eigenvalue weighted by Gasteiger charge is 2.13. The first-order valence-electron chi connectivity index (χ1n) is 6.48. The van der Waals surface area contributed by atoms with E-state index in [0.717, 1.165) is 23.8 Å². The van der Waals surface area contributed by atoms with E-state index >= 15 is 0 Å². The smallest absolute Gasteiger partial charge is 0.224 e. The van der Waals surface area contributed by atoms with Gasteiger partial charge in [0.15, 0.2) is 0 Å². The van der Waals surface area contributed by atoms with Crippen LogP contribution in [0.1, 0.15) is 44.1 Å². The molecule has 0 aliphatic heterocycles. The maximum absolute atomic E-state index is 5.78. The lowest BCUT2D eigenvalue weighted by molar-refractivity contribution is 0.345. The SMILES string of the molecule is Cc1cnc(Cl)nc1NCCC1CCCCC1. The lowest BCUT2D eigenvalue weighted by atomic mass is 9.87. The molecule has 1 aromatic heterocycles. The van der Waals surface area contributed by atoms with E-state index in [2.05, 4.69) is 15.3 Å². The summed E-state index contributed by atoms with van der Waals surface area (Å²) in [6.07, 6.45) is 10.0. The van der Waals surface area contributed by atoms with Crippen molar-refractivity contribution in [3.8, 4) is 0 Å². The average Bonchev–Trinajstić information content (AvgIpc) is 2.35. The maximum Gasteiger partial charge on any atom is 0.224 e. The molecule has 1 heterocycles. The van der Waals surface area contributed by atoms with Crippen molar-refractivity contribution >= 4 is 17.4 Å². The van der Waals surface area contributed by atoms with Gasteiger partial charge in [-0.3, -0.25) is 0 Å². The summed E-state index contributed by atoms with van der Waals surface area (Å²) in [4.78, 5) is 8.15. The van der Waals surface area contributed by atoms with Crippen LogP contribution in [0.4, 0.5) is 5.82 Å². The molecule has 1 saturated carbocycles. The summed E-state index contributed by atoms with van der Waals surface area (Å²) in [5.74, 6) is 1.77. The Hall–Kier alpha value is -0.830. The molecule has 0 spiro atoms. The van der Waals surface area contributed by atoms with Crippen LogP contribution in [0.3, 0.4) is 0 Å². The third-order valence-corrected chi connectivity index (χ3v) is 3.69. The van der Waals surface area contributed by atoms with Gasteiger partial charge in [0, 0.05) is 18.3 Å². The first kappa shape index (κ1) is 12.6. The summed E-state index contributed by atoms with van der Waals surface area (Å²) in [6, 6.07) is 0. The van der Waals surface area contributed by atoms with Crippen molar-refractivity contribution in [2.75, 3.05) is 11.9 Å². The van der Waals surface area contributed by atoms with Gasteiger partial charge < -0.3 is 5.32 Å². The Morgan fingerprint density at radius 3 is 2.88 bits per heavy atom. The third-order valence-electron chi connectivity index (χ3n) is 3.51. The molecular formula is C13H20ClN3. The number of aryl methyl sites for hydroxylation is 1. The number of nitrogens with zero attached hydrogens (tertiary/aromatic N) is 2. The minimum Gasteiger partial charge on any atom is -0.370 e. The average molecular weight is 254 g/mol. The standard InChI is InChI=1S/C13H20ClN3/c1-10-9-16-13(14)17-12(10)15-8-7-11-5-3-2-4-6-11/h9,11H,2-8H2,1H3,(H,15,16,17). The molecule has 1 aromatic rings. The predicted molar refractivity (Wildman–Crippen MR) is 71.5 cm³/mol. The van der Waals surface area contributed by atoms with E-state index in [1.165, 1.54) is 38.5 Å². The van der Waals surface area contributed by atoms with Crippen molar-refractivity contribution in [1.82, 2.24) is 9.97 Å². The summed E-state index contributed by atoms with van der Waals surface area (Å²) in [5.41, 5.74) is 1.05. The van der Waals surface area contributed by atoms with Crippen LogP contribution >= 0.6 is 11.6 Å². The number of anilines is 1. The lowest BCUT2D eigenvalue weighted by Gasteiger charge is -2.21. The third kappa shape index (κ3) is 3.84. The molecule has 0 unspecified atom stereocenters. The molecular weight excluding hydrogens is 234 g/mol. The molecule has 2 rings (SSSR count). The largest absolute Gasteiger partial charge is 0.370 e. The van der Waals surface area contributed by atoms with Gasteiger partial charge in [0.25, 0.3) is 0 Å². The first-order chi connectivity index (χ1) is 8.25. The molecule has 0 atom stereocenters. The zero-order valence-corrected chi connectivity index (χ0v) is 11.1. The number of nitrogens with one attached hydrogen (secondary N) is 1. The molecule has 0 amide bonds. The highest BCUT2D eigenvalue weighted by atomic mass is 35.5. The molecule has 17 heavy (non-hydrogen) atoms. The van der Waals surface area contributed by atoms with Crippen molar-refractivity contribution < 1.29 is 0 Å². The van der Waals surface area contributed by atoms with Gasteiger partial charge in [-0.15, -0.1) is 0 Å². The number of hydrogen-bond donors (Lipinski definition) is 1. The fourth-order valence-electron chi connectivity index (χ4n) is 2.47. The Morgan fingerprint density at radius 1 is 1.35 bits per heavy atom. The van der Waals surface area contributed by atoms with Gasteiger partial charge in [-0.05, 0) is 30.9 Å². The Morgan fingerprint density at radius 2 is 2.12 bits per heavy atom. The van der Waals surface area contributed by atoms with Crippen LogP contribution in [0.5, 0.6) is 0 Å². The monoisotopic (exact) mass is 253 g/mol. The van der Waals surface area contributed by atoms with Crippen molar-refractivity contribution in [1.29, 1.82) is 0 Å². The molecule has 94 valence electrons. The molecule has 1 N–H and O–H groups in total. The zero-order valence-electron chi connectivity index (χ0n) is 10.4. The Bertz CT molecular complexity index is 362. The van der Waals surface area contributed by atoms with E-state index in [-0.39, 0.29) is 0 Å². The van der Waals surface area contributed by atoms with Crippen LogP contribution in [-0.2, 0) is 0 Å². The van der Waals surface area contributed by atoms with Crippen LogP contribution in [0.2, 0.25) is 5.28 Å². The number of aromatic nitrogens is 2. The van der Waals surface area contributed by atoms with Gasteiger partial charge in [0.1, 0.15) is 5.82 Å². The summed E-state index contributed by atoms with van der Waals surface area (Å²) in [5, 5.41) is 3.68. The lowest BCUT2D eigenvalue weighted by Crippen LogP contribution is -2.13. The molecule has 0 bridgehead atoms. The van der Waals surface area contributed by atoms with E-state index < -0.39 is 0 Å². The molecule has 0 aromatic carbocycles. The van der Waals surface area contributed by atoms with Crippen LogP contribution in [0.25, 0.3) is 0 Å². The Balaban J connectivity index is 1.79. The maximum atomic E-state index is 5.78. The molecule has 4 heteroatoms. The molecule has 0 radical (unpaired) electrons. The van der Waals surface area contributed by atoms with Gasteiger partial charge in [-0.2, -0.15) is 0 Å².